The van der Waals surface area contributed by atoms with Crippen molar-refractivity contribution in [3.05, 3.63) is 59.4 Å². The van der Waals surface area contributed by atoms with Gasteiger partial charge in [-0.05, 0) is 36.8 Å². The Hall–Kier alpha value is -2.57. The van der Waals surface area contributed by atoms with Gasteiger partial charge in [0.2, 0.25) is 5.90 Å². The van der Waals surface area contributed by atoms with Crippen molar-refractivity contribution in [1.29, 1.82) is 0 Å². The van der Waals surface area contributed by atoms with Crippen LogP contribution in [-0.4, -0.2) is 10.9 Å². The Kier molecular flexibility index (Phi) is 3.94. The van der Waals surface area contributed by atoms with Gasteiger partial charge in [0.1, 0.15) is 5.75 Å². The lowest BCUT2D eigenvalue weighted by molar-refractivity contribution is -0.137. The molecule has 0 radical (unpaired) electrons. The smallest absolute Gasteiger partial charge is 0.416 e. The fourth-order valence-electron chi connectivity index (χ4n) is 2.13. The lowest BCUT2D eigenvalue weighted by atomic mass is 10.0. The Balaban J connectivity index is 1.63. The number of hydrogen-bond acceptors (Lipinski definition) is 4. The van der Waals surface area contributed by atoms with Gasteiger partial charge in [-0.2, -0.15) is 13.2 Å². The minimum atomic E-state index is -4.35. The zero-order chi connectivity index (χ0) is 16.4. The molecular formula is C16H13F3N2O2. The molecule has 0 saturated heterocycles. The van der Waals surface area contributed by atoms with E-state index in [1.54, 1.807) is 18.3 Å². The number of aryl methyl sites for hydroxylation is 1. The van der Waals surface area contributed by atoms with Crippen molar-refractivity contribution < 1.29 is 22.7 Å². The number of rotatable bonds is 2. The number of aromatic nitrogens is 1. The summed E-state index contributed by atoms with van der Waals surface area (Å²) < 4.78 is 43.2. The fraction of sp³-hybridized carbons (Fsp3) is 0.250. The SMILES string of the molecule is Cc1ccc(OC2=NO[C@@H](c3ccc(C(F)(F)F)cc3)C2)cn1. The van der Waals surface area contributed by atoms with E-state index in [1.165, 1.54) is 12.1 Å². The fourth-order valence-corrected chi connectivity index (χ4v) is 2.13. The monoisotopic (exact) mass is 322 g/mol. The molecule has 1 atom stereocenters. The molecule has 2 aromatic rings. The second kappa shape index (κ2) is 5.91. The summed E-state index contributed by atoms with van der Waals surface area (Å²) >= 11 is 0. The van der Waals surface area contributed by atoms with E-state index in [9.17, 15) is 13.2 Å². The summed E-state index contributed by atoms with van der Waals surface area (Å²) in [6, 6.07) is 8.40. The van der Waals surface area contributed by atoms with Gasteiger partial charge in [0.15, 0.2) is 6.10 Å². The van der Waals surface area contributed by atoms with E-state index in [1.807, 2.05) is 6.92 Å². The lowest BCUT2D eigenvalue weighted by Gasteiger charge is -2.10. The van der Waals surface area contributed by atoms with Gasteiger partial charge in [0, 0.05) is 5.69 Å². The van der Waals surface area contributed by atoms with E-state index in [0.29, 0.717) is 23.6 Å². The second-order valence-electron chi connectivity index (χ2n) is 5.14. The van der Waals surface area contributed by atoms with E-state index in [-0.39, 0.29) is 0 Å². The van der Waals surface area contributed by atoms with Crippen LogP contribution >= 0.6 is 0 Å². The van der Waals surface area contributed by atoms with Crippen molar-refractivity contribution in [1.82, 2.24) is 4.98 Å². The summed E-state index contributed by atoms with van der Waals surface area (Å²) in [4.78, 5) is 9.34. The molecule has 1 aliphatic heterocycles. The first-order valence-corrected chi connectivity index (χ1v) is 6.92. The van der Waals surface area contributed by atoms with Crippen LogP contribution in [0.5, 0.6) is 5.75 Å². The molecule has 0 aliphatic carbocycles. The van der Waals surface area contributed by atoms with Crippen molar-refractivity contribution in [2.75, 3.05) is 0 Å². The number of pyridine rings is 1. The predicted molar refractivity (Wildman–Crippen MR) is 76.9 cm³/mol. The van der Waals surface area contributed by atoms with Gasteiger partial charge in [0.05, 0.1) is 18.2 Å². The molecule has 1 aromatic heterocycles. The van der Waals surface area contributed by atoms with Gasteiger partial charge < -0.3 is 9.57 Å². The third-order valence-electron chi connectivity index (χ3n) is 3.37. The summed E-state index contributed by atoms with van der Waals surface area (Å²) in [5.41, 5.74) is 0.786. The number of hydrogen-bond donors (Lipinski definition) is 0. The molecule has 4 nitrogen and oxygen atoms in total. The highest BCUT2D eigenvalue weighted by Crippen LogP contribution is 2.32. The summed E-state index contributed by atoms with van der Waals surface area (Å²) in [6.45, 7) is 1.86. The second-order valence-corrected chi connectivity index (χ2v) is 5.14. The molecule has 0 fully saturated rings. The Labute approximate surface area is 130 Å². The molecule has 0 saturated carbocycles. The van der Waals surface area contributed by atoms with Gasteiger partial charge in [-0.25, -0.2) is 0 Å². The standard InChI is InChI=1S/C16H13F3N2O2/c1-10-2-7-13(9-20-10)22-15-8-14(23-21-15)11-3-5-12(6-4-11)16(17,18)19/h2-7,9,14H,8H2,1H3/t14-/m1/s1. The van der Waals surface area contributed by atoms with Crippen LogP contribution in [0.1, 0.15) is 29.3 Å². The number of nitrogens with zero attached hydrogens (tertiary/aromatic N) is 2. The maximum Gasteiger partial charge on any atom is 0.416 e. The van der Waals surface area contributed by atoms with Gasteiger partial charge in [-0.1, -0.05) is 17.3 Å². The van der Waals surface area contributed by atoms with E-state index < -0.39 is 17.8 Å². The van der Waals surface area contributed by atoms with Gasteiger partial charge in [-0.15, -0.1) is 0 Å². The number of halogens is 3. The first-order chi connectivity index (χ1) is 10.9. The normalized spacial score (nSPS) is 17.6. The molecule has 1 aliphatic rings. The highest BCUT2D eigenvalue weighted by Gasteiger charge is 2.31. The van der Waals surface area contributed by atoms with E-state index in [2.05, 4.69) is 10.1 Å². The molecule has 0 unspecified atom stereocenters. The number of ether oxygens (including phenoxy) is 1. The van der Waals surface area contributed by atoms with E-state index in [0.717, 1.165) is 17.8 Å². The van der Waals surface area contributed by atoms with E-state index >= 15 is 0 Å². The third kappa shape index (κ3) is 3.61. The van der Waals surface area contributed by atoms with Crippen LogP contribution in [-0.2, 0) is 11.0 Å². The molecule has 0 spiro atoms. The largest absolute Gasteiger partial charge is 0.438 e. The van der Waals surface area contributed by atoms with Crippen LogP contribution in [0.2, 0.25) is 0 Å². The van der Waals surface area contributed by atoms with Gasteiger partial charge >= 0.3 is 6.18 Å². The molecule has 1 aromatic carbocycles. The first-order valence-electron chi connectivity index (χ1n) is 6.92. The van der Waals surface area contributed by atoms with Crippen LogP contribution < -0.4 is 4.74 Å². The molecular weight excluding hydrogens is 309 g/mol. The first kappa shape index (κ1) is 15.3. The average Bonchev–Trinajstić information content (AvgIpc) is 2.97. The van der Waals surface area contributed by atoms with Crippen LogP contribution in [0.15, 0.2) is 47.8 Å². The van der Waals surface area contributed by atoms with Crippen LogP contribution in [0.3, 0.4) is 0 Å². The minimum Gasteiger partial charge on any atom is -0.438 e. The van der Waals surface area contributed by atoms with Crippen molar-refractivity contribution in [2.45, 2.75) is 25.6 Å². The number of oxime groups is 1. The molecule has 7 heteroatoms. The van der Waals surface area contributed by atoms with E-state index in [4.69, 9.17) is 9.57 Å². The highest BCUT2D eigenvalue weighted by molar-refractivity contribution is 5.79. The summed E-state index contributed by atoms with van der Waals surface area (Å²) in [5, 5.41) is 3.83. The molecule has 0 amide bonds. The van der Waals surface area contributed by atoms with Crippen LogP contribution in [0.4, 0.5) is 13.2 Å². The zero-order valence-electron chi connectivity index (χ0n) is 12.2. The molecule has 3 rings (SSSR count). The Morgan fingerprint density at radius 1 is 1.13 bits per heavy atom. The maximum atomic E-state index is 12.5. The molecule has 2 heterocycles. The topological polar surface area (TPSA) is 43.7 Å². The van der Waals surface area contributed by atoms with Crippen molar-refractivity contribution in [3.63, 3.8) is 0 Å². The summed E-state index contributed by atoms with van der Waals surface area (Å²) in [6.07, 6.45) is -2.88. The third-order valence-corrected chi connectivity index (χ3v) is 3.37. The average molecular weight is 322 g/mol. The van der Waals surface area contributed by atoms with Crippen molar-refractivity contribution >= 4 is 5.90 Å². The minimum absolute atomic E-state index is 0.346. The van der Waals surface area contributed by atoms with Crippen LogP contribution in [0.25, 0.3) is 0 Å². The molecule has 23 heavy (non-hydrogen) atoms. The van der Waals surface area contributed by atoms with Crippen LogP contribution in [0, 0.1) is 6.92 Å². The number of benzene rings is 1. The zero-order valence-corrected chi connectivity index (χ0v) is 12.2. The Morgan fingerprint density at radius 3 is 2.48 bits per heavy atom. The predicted octanol–water partition coefficient (Wildman–Crippen LogP) is 4.26. The molecule has 120 valence electrons. The van der Waals surface area contributed by atoms with Gasteiger partial charge in [-0.3, -0.25) is 4.98 Å². The Bertz CT molecular complexity index is 710. The summed E-state index contributed by atoms with van der Waals surface area (Å²) in [7, 11) is 0. The van der Waals surface area contributed by atoms with Crippen molar-refractivity contribution in [2.24, 2.45) is 5.16 Å². The maximum absolute atomic E-state index is 12.5. The highest BCUT2D eigenvalue weighted by atomic mass is 19.4. The Morgan fingerprint density at radius 2 is 1.87 bits per heavy atom. The van der Waals surface area contributed by atoms with Crippen molar-refractivity contribution in [3.8, 4) is 5.75 Å². The molecule has 0 bridgehead atoms. The van der Waals surface area contributed by atoms with Gasteiger partial charge in [0.25, 0.3) is 0 Å². The molecule has 0 N–H and O–H groups in total. The quantitative estimate of drug-likeness (QED) is 0.829. The number of alkyl halides is 3. The summed E-state index contributed by atoms with van der Waals surface area (Å²) in [5.74, 6) is 0.895. The lowest BCUT2D eigenvalue weighted by Crippen LogP contribution is -2.08.